The molecular formula is C22H20N4O2S. The Morgan fingerprint density at radius 1 is 1.10 bits per heavy atom. The van der Waals surface area contributed by atoms with Gasteiger partial charge in [0.25, 0.3) is 0 Å². The smallest absolute Gasteiger partial charge is 0.243 e. The Kier molecular flexibility index (Phi) is 5.48. The van der Waals surface area contributed by atoms with Crippen LogP contribution in [0.25, 0.3) is 5.69 Å². The number of carbonyl (C=O) groups excluding carboxylic acids is 1. The average Bonchev–Trinajstić information content (AvgIpc) is 3.35. The van der Waals surface area contributed by atoms with Gasteiger partial charge in [0.15, 0.2) is 11.0 Å². The Labute approximate surface area is 173 Å². The zero-order valence-electron chi connectivity index (χ0n) is 16.1. The van der Waals surface area contributed by atoms with Crippen LogP contribution in [0, 0.1) is 13.8 Å². The molecule has 4 rings (SSSR count). The highest BCUT2D eigenvalue weighted by atomic mass is 32.2. The number of thioether (sulfide) groups is 1. The van der Waals surface area contributed by atoms with Crippen molar-refractivity contribution >= 4 is 23.5 Å². The standard InChI is InChI=1S/C22H20N4O2S/c1-15-7-6-10-18(13-15)26-12-11-23-22(26)29-20(17-8-4-3-5-9-17)21(27)24-19-14-16(2)28-25-19/h3-14,20H,1-2H3,(H,24,25,27). The van der Waals surface area contributed by atoms with Crippen molar-refractivity contribution in [2.24, 2.45) is 0 Å². The van der Waals surface area contributed by atoms with Gasteiger partial charge in [0.2, 0.25) is 5.91 Å². The fourth-order valence-corrected chi connectivity index (χ4v) is 4.05. The lowest BCUT2D eigenvalue weighted by Crippen LogP contribution is -2.19. The zero-order chi connectivity index (χ0) is 20.2. The third kappa shape index (κ3) is 4.41. The number of hydrogen-bond donors (Lipinski definition) is 1. The van der Waals surface area contributed by atoms with E-state index in [1.54, 1.807) is 19.2 Å². The van der Waals surface area contributed by atoms with Crippen LogP contribution in [-0.2, 0) is 4.79 Å². The van der Waals surface area contributed by atoms with Crippen LogP contribution in [0.5, 0.6) is 0 Å². The largest absolute Gasteiger partial charge is 0.360 e. The quantitative estimate of drug-likeness (QED) is 0.460. The van der Waals surface area contributed by atoms with E-state index < -0.39 is 5.25 Å². The predicted octanol–water partition coefficient (Wildman–Crippen LogP) is 4.95. The van der Waals surface area contributed by atoms with Crippen molar-refractivity contribution in [3.63, 3.8) is 0 Å². The Balaban J connectivity index is 1.65. The summed E-state index contributed by atoms with van der Waals surface area (Å²) in [5.41, 5.74) is 3.05. The molecule has 1 unspecified atom stereocenters. The summed E-state index contributed by atoms with van der Waals surface area (Å²) in [5, 5.41) is 6.94. The molecule has 2 aromatic heterocycles. The molecule has 29 heavy (non-hydrogen) atoms. The van der Waals surface area contributed by atoms with Gasteiger partial charge in [-0.15, -0.1) is 0 Å². The molecule has 6 nitrogen and oxygen atoms in total. The van der Waals surface area contributed by atoms with E-state index in [1.165, 1.54) is 11.8 Å². The maximum atomic E-state index is 13.1. The second kappa shape index (κ2) is 8.36. The van der Waals surface area contributed by atoms with Crippen molar-refractivity contribution in [1.82, 2.24) is 14.7 Å². The fourth-order valence-electron chi connectivity index (χ4n) is 2.97. The molecule has 0 fully saturated rings. The van der Waals surface area contributed by atoms with Crippen molar-refractivity contribution in [2.75, 3.05) is 5.32 Å². The molecule has 1 amide bonds. The van der Waals surface area contributed by atoms with Gasteiger partial charge in [-0.05, 0) is 37.1 Å². The molecule has 0 aliphatic heterocycles. The van der Waals surface area contributed by atoms with Crippen molar-refractivity contribution in [3.8, 4) is 5.69 Å². The van der Waals surface area contributed by atoms with Crippen LogP contribution in [0.3, 0.4) is 0 Å². The summed E-state index contributed by atoms with van der Waals surface area (Å²) in [7, 11) is 0. The third-order valence-electron chi connectivity index (χ3n) is 4.33. The number of nitrogens with one attached hydrogen (secondary N) is 1. The molecular weight excluding hydrogens is 384 g/mol. The Bertz CT molecular complexity index is 1120. The van der Waals surface area contributed by atoms with Crippen LogP contribution in [-0.4, -0.2) is 20.6 Å². The topological polar surface area (TPSA) is 73.0 Å². The van der Waals surface area contributed by atoms with E-state index in [0.717, 1.165) is 22.0 Å². The van der Waals surface area contributed by atoms with E-state index in [0.29, 0.717) is 11.6 Å². The minimum atomic E-state index is -0.501. The van der Waals surface area contributed by atoms with Crippen LogP contribution in [0.2, 0.25) is 0 Å². The number of aryl methyl sites for hydroxylation is 2. The lowest BCUT2D eigenvalue weighted by molar-refractivity contribution is -0.115. The molecule has 2 heterocycles. The first kappa shape index (κ1) is 19.0. The summed E-state index contributed by atoms with van der Waals surface area (Å²) in [4.78, 5) is 17.6. The van der Waals surface area contributed by atoms with E-state index in [4.69, 9.17) is 4.52 Å². The summed E-state index contributed by atoms with van der Waals surface area (Å²) in [6.07, 6.45) is 3.64. The number of hydrogen-bond acceptors (Lipinski definition) is 5. The van der Waals surface area contributed by atoms with Crippen LogP contribution in [0.15, 0.2) is 82.7 Å². The van der Waals surface area contributed by atoms with Crippen LogP contribution < -0.4 is 5.32 Å². The average molecular weight is 404 g/mol. The van der Waals surface area contributed by atoms with Gasteiger partial charge in [-0.2, -0.15) is 0 Å². The van der Waals surface area contributed by atoms with E-state index in [1.807, 2.05) is 66.2 Å². The molecule has 2 aromatic carbocycles. The van der Waals surface area contributed by atoms with Crippen LogP contribution in [0.1, 0.15) is 22.1 Å². The maximum absolute atomic E-state index is 13.1. The normalized spacial score (nSPS) is 11.9. The van der Waals surface area contributed by atoms with Crippen molar-refractivity contribution < 1.29 is 9.32 Å². The van der Waals surface area contributed by atoms with Gasteiger partial charge in [0.1, 0.15) is 11.0 Å². The van der Waals surface area contributed by atoms with Gasteiger partial charge in [0.05, 0.1) is 0 Å². The molecule has 7 heteroatoms. The van der Waals surface area contributed by atoms with Gasteiger partial charge < -0.3 is 9.84 Å². The number of amides is 1. The van der Waals surface area contributed by atoms with Gasteiger partial charge in [-0.1, -0.05) is 59.4 Å². The van der Waals surface area contributed by atoms with E-state index in [-0.39, 0.29) is 5.91 Å². The number of carbonyl (C=O) groups is 1. The number of benzene rings is 2. The Hall–Kier alpha value is -3.32. The zero-order valence-corrected chi connectivity index (χ0v) is 16.9. The molecule has 1 atom stereocenters. The number of nitrogens with zero attached hydrogens (tertiary/aromatic N) is 3. The minimum Gasteiger partial charge on any atom is -0.360 e. The first-order valence-electron chi connectivity index (χ1n) is 9.16. The van der Waals surface area contributed by atoms with Gasteiger partial charge in [0, 0.05) is 24.1 Å². The van der Waals surface area contributed by atoms with Crippen LogP contribution >= 0.6 is 11.8 Å². The Morgan fingerprint density at radius 3 is 2.66 bits per heavy atom. The van der Waals surface area contributed by atoms with Crippen molar-refractivity contribution in [1.29, 1.82) is 0 Å². The summed E-state index contributed by atoms with van der Waals surface area (Å²) < 4.78 is 7.04. The summed E-state index contributed by atoms with van der Waals surface area (Å²) in [5.74, 6) is 0.851. The molecule has 0 aliphatic carbocycles. The second-order valence-electron chi connectivity index (χ2n) is 6.64. The molecule has 0 saturated heterocycles. The summed E-state index contributed by atoms with van der Waals surface area (Å²) >= 11 is 1.39. The number of anilines is 1. The van der Waals surface area contributed by atoms with E-state index in [2.05, 4.69) is 21.5 Å². The molecule has 0 radical (unpaired) electrons. The molecule has 0 spiro atoms. The first-order chi connectivity index (χ1) is 14.1. The Morgan fingerprint density at radius 2 is 1.93 bits per heavy atom. The number of rotatable bonds is 6. The number of aromatic nitrogens is 3. The second-order valence-corrected chi connectivity index (χ2v) is 7.71. The predicted molar refractivity (Wildman–Crippen MR) is 113 cm³/mol. The lowest BCUT2D eigenvalue weighted by Gasteiger charge is -2.17. The first-order valence-corrected chi connectivity index (χ1v) is 10.0. The third-order valence-corrected chi connectivity index (χ3v) is 5.56. The fraction of sp³-hybridized carbons (Fsp3) is 0.136. The number of imidazole rings is 1. The maximum Gasteiger partial charge on any atom is 0.243 e. The van der Waals surface area contributed by atoms with Gasteiger partial charge >= 0.3 is 0 Å². The monoisotopic (exact) mass is 404 g/mol. The molecule has 0 saturated carbocycles. The molecule has 146 valence electrons. The summed E-state index contributed by atoms with van der Waals surface area (Å²) in [6.45, 7) is 3.83. The van der Waals surface area contributed by atoms with Gasteiger partial charge in [-0.25, -0.2) is 4.98 Å². The lowest BCUT2D eigenvalue weighted by atomic mass is 10.1. The molecule has 0 bridgehead atoms. The van der Waals surface area contributed by atoms with E-state index >= 15 is 0 Å². The highest BCUT2D eigenvalue weighted by Gasteiger charge is 2.25. The van der Waals surface area contributed by atoms with Gasteiger partial charge in [-0.3, -0.25) is 9.36 Å². The SMILES string of the molecule is Cc1cccc(-n2ccnc2SC(C(=O)Nc2cc(C)on2)c2ccccc2)c1. The molecule has 4 aromatic rings. The molecule has 0 aliphatic rings. The van der Waals surface area contributed by atoms with Crippen molar-refractivity contribution in [3.05, 3.63) is 89.9 Å². The molecule has 1 N–H and O–H groups in total. The minimum absolute atomic E-state index is 0.187. The summed E-state index contributed by atoms with van der Waals surface area (Å²) in [6, 6.07) is 19.5. The van der Waals surface area contributed by atoms with Crippen molar-refractivity contribution in [2.45, 2.75) is 24.3 Å². The van der Waals surface area contributed by atoms with E-state index in [9.17, 15) is 4.79 Å². The highest BCUT2D eigenvalue weighted by molar-refractivity contribution is 8.00. The highest BCUT2D eigenvalue weighted by Crippen LogP contribution is 2.36. The van der Waals surface area contributed by atoms with Crippen LogP contribution in [0.4, 0.5) is 5.82 Å².